The number of carbonyl (C=O) groups is 3. The Balaban J connectivity index is 1.58. The largest absolute Gasteiger partial charge is 0.484 e. The van der Waals surface area contributed by atoms with Gasteiger partial charge in [0.05, 0.1) is 11.4 Å². The van der Waals surface area contributed by atoms with Crippen LogP contribution in [0.25, 0.3) is 0 Å². The van der Waals surface area contributed by atoms with Gasteiger partial charge in [-0.3, -0.25) is 14.4 Å². The Kier molecular flexibility index (Phi) is 6.16. The van der Waals surface area contributed by atoms with E-state index in [0.29, 0.717) is 27.8 Å². The van der Waals surface area contributed by atoms with E-state index in [1.165, 1.54) is 6.92 Å². The molecule has 0 unspecified atom stereocenters. The highest BCUT2D eigenvalue weighted by molar-refractivity contribution is 6.31. The summed E-state index contributed by atoms with van der Waals surface area (Å²) in [7, 11) is 0. The lowest BCUT2D eigenvalue weighted by molar-refractivity contribution is -0.118. The molecule has 2 aromatic rings. The van der Waals surface area contributed by atoms with Crippen LogP contribution in [0, 0.1) is 5.92 Å². The second-order valence-corrected chi connectivity index (χ2v) is 6.94. The summed E-state index contributed by atoms with van der Waals surface area (Å²) in [5.74, 6) is -0.121. The fraction of sp³-hybridized carbons (Fsp3) is 0.250. The molecular formula is C20H20ClN3O4. The Morgan fingerprint density at radius 1 is 1.04 bits per heavy atom. The minimum absolute atomic E-state index is 0.00125. The first-order valence-electron chi connectivity index (χ1n) is 8.81. The van der Waals surface area contributed by atoms with Crippen molar-refractivity contribution in [2.45, 2.75) is 19.8 Å². The van der Waals surface area contributed by atoms with Crippen LogP contribution in [0.5, 0.6) is 5.75 Å². The molecule has 3 amide bonds. The maximum absolute atomic E-state index is 12.2. The van der Waals surface area contributed by atoms with Crippen LogP contribution >= 0.6 is 11.6 Å². The van der Waals surface area contributed by atoms with E-state index < -0.39 is 5.91 Å². The molecule has 2 aromatic carbocycles. The molecule has 7 nitrogen and oxygen atoms in total. The van der Waals surface area contributed by atoms with Crippen LogP contribution in [-0.4, -0.2) is 24.3 Å². The molecule has 0 saturated heterocycles. The fourth-order valence-corrected chi connectivity index (χ4v) is 2.68. The monoisotopic (exact) mass is 401 g/mol. The van der Waals surface area contributed by atoms with Gasteiger partial charge >= 0.3 is 0 Å². The Hall–Kier alpha value is -3.06. The summed E-state index contributed by atoms with van der Waals surface area (Å²) >= 11 is 5.97. The number of hydrogen-bond acceptors (Lipinski definition) is 4. The zero-order chi connectivity index (χ0) is 20.1. The molecule has 0 aliphatic heterocycles. The summed E-state index contributed by atoms with van der Waals surface area (Å²) in [5.41, 5.74) is 1.44. The molecule has 0 heterocycles. The number of ether oxygens (including phenoxy) is 1. The highest BCUT2D eigenvalue weighted by Gasteiger charge is 2.29. The zero-order valence-electron chi connectivity index (χ0n) is 15.3. The third-order valence-electron chi connectivity index (χ3n) is 3.99. The first-order valence-corrected chi connectivity index (χ1v) is 9.19. The summed E-state index contributed by atoms with van der Waals surface area (Å²) in [6, 6.07) is 11.6. The summed E-state index contributed by atoms with van der Waals surface area (Å²) in [6.45, 7) is 1.13. The van der Waals surface area contributed by atoms with Crippen molar-refractivity contribution in [1.82, 2.24) is 0 Å². The summed E-state index contributed by atoms with van der Waals surface area (Å²) in [6.07, 6.45) is 1.85. The molecule has 0 atom stereocenters. The average molecular weight is 402 g/mol. The number of rotatable bonds is 7. The number of amides is 3. The molecule has 3 N–H and O–H groups in total. The van der Waals surface area contributed by atoms with Crippen molar-refractivity contribution in [3.8, 4) is 5.75 Å². The minimum Gasteiger partial charge on any atom is -0.484 e. The van der Waals surface area contributed by atoms with E-state index in [2.05, 4.69) is 16.0 Å². The average Bonchev–Trinajstić information content (AvgIpc) is 3.47. The van der Waals surface area contributed by atoms with Crippen molar-refractivity contribution >= 4 is 46.4 Å². The Morgan fingerprint density at radius 3 is 2.54 bits per heavy atom. The number of benzene rings is 2. The van der Waals surface area contributed by atoms with Crippen molar-refractivity contribution in [3.63, 3.8) is 0 Å². The van der Waals surface area contributed by atoms with Crippen LogP contribution in [0.15, 0.2) is 42.5 Å². The van der Waals surface area contributed by atoms with Crippen molar-refractivity contribution in [2.24, 2.45) is 5.92 Å². The first kappa shape index (κ1) is 19.7. The van der Waals surface area contributed by atoms with Crippen molar-refractivity contribution in [1.29, 1.82) is 0 Å². The Morgan fingerprint density at radius 2 is 1.82 bits per heavy atom. The van der Waals surface area contributed by atoms with Crippen molar-refractivity contribution < 1.29 is 19.1 Å². The van der Waals surface area contributed by atoms with E-state index in [1.807, 2.05) is 0 Å². The molecule has 1 fully saturated rings. The van der Waals surface area contributed by atoms with Gasteiger partial charge in [-0.05, 0) is 43.2 Å². The smallest absolute Gasteiger partial charge is 0.262 e. The second-order valence-electron chi connectivity index (χ2n) is 6.50. The predicted octanol–water partition coefficient (Wildman–Crippen LogP) is 3.66. The molecule has 8 heteroatoms. The van der Waals surface area contributed by atoms with Gasteiger partial charge in [0, 0.05) is 29.6 Å². The van der Waals surface area contributed by atoms with Gasteiger partial charge in [0.25, 0.3) is 5.91 Å². The molecule has 0 spiro atoms. The van der Waals surface area contributed by atoms with Crippen LogP contribution in [0.2, 0.25) is 5.02 Å². The molecule has 1 aliphatic carbocycles. The lowest BCUT2D eigenvalue weighted by atomic mass is 10.2. The van der Waals surface area contributed by atoms with Gasteiger partial charge in [0.15, 0.2) is 6.61 Å². The van der Waals surface area contributed by atoms with Gasteiger partial charge < -0.3 is 20.7 Å². The van der Waals surface area contributed by atoms with E-state index in [9.17, 15) is 14.4 Å². The number of anilines is 3. The van der Waals surface area contributed by atoms with Gasteiger partial charge in [-0.1, -0.05) is 17.7 Å². The predicted molar refractivity (Wildman–Crippen MR) is 108 cm³/mol. The molecule has 3 rings (SSSR count). The number of nitrogens with one attached hydrogen (secondary N) is 3. The van der Waals surface area contributed by atoms with Gasteiger partial charge in [0.2, 0.25) is 11.8 Å². The number of carbonyl (C=O) groups excluding carboxylic acids is 3. The van der Waals surface area contributed by atoms with Gasteiger partial charge in [0.1, 0.15) is 5.75 Å². The van der Waals surface area contributed by atoms with Gasteiger partial charge in [-0.25, -0.2) is 0 Å². The third-order valence-corrected chi connectivity index (χ3v) is 4.22. The van der Waals surface area contributed by atoms with Crippen LogP contribution in [0.3, 0.4) is 0 Å². The SMILES string of the molecule is CC(=O)Nc1ccc(Cl)cc1NC(=O)COc1cccc(NC(=O)C2CC2)c1. The first-order chi connectivity index (χ1) is 13.4. The summed E-state index contributed by atoms with van der Waals surface area (Å²) in [5, 5.41) is 8.54. The molecule has 1 saturated carbocycles. The van der Waals surface area contributed by atoms with Crippen molar-refractivity contribution in [2.75, 3.05) is 22.6 Å². The number of halogens is 1. The van der Waals surface area contributed by atoms with E-state index >= 15 is 0 Å². The maximum Gasteiger partial charge on any atom is 0.262 e. The normalized spacial score (nSPS) is 12.8. The summed E-state index contributed by atoms with van der Waals surface area (Å²) < 4.78 is 5.51. The third kappa shape index (κ3) is 5.72. The molecule has 1 aliphatic rings. The lowest BCUT2D eigenvalue weighted by Crippen LogP contribution is -2.21. The molecular weight excluding hydrogens is 382 g/mol. The minimum atomic E-state index is -0.415. The Bertz CT molecular complexity index is 912. The van der Waals surface area contributed by atoms with Crippen LogP contribution in [-0.2, 0) is 14.4 Å². The van der Waals surface area contributed by atoms with Gasteiger partial charge in [-0.2, -0.15) is 0 Å². The van der Waals surface area contributed by atoms with Gasteiger partial charge in [-0.15, -0.1) is 0 Å². The zero-order valence-corrected chi connectivity index (χ0v) is 16.0. The topological polar surface area (TPSA) is 96.5 Å². The van der Waals surface area contributed by atoms with Crippen LogP contribution in [0.1, 0.15) is 19.8 Å². The molecule has 146 valence electrons. The van der Waals surface area contributed by atoms with E-state index in [4.69, 9.17) is 16.3 Å². The highest BCUT2D eigenvalue weighted by atomic mass is 35.5. The molecule has 0 aromatic heterocycles. The standard InChI is InChI=1S/C20H20ClN3O4/c1-12(25)22-17-8-7-14(21)9-18(17)24-19(26)11-28-16-4-2-3-15(10-16)23-20(27)13-5-6-13/h2-4,7-10,13H,5-6,11H2,1H3,(H,22,25)(H,23,27)(H,24,26). The van der Waals surface area contributed by atoms with E-state index in [0.717, 1.165) is 12.8 Å². The second kappa shape index (κ2) is 8.75. The Labute approximate surface area is 167 Å². The van der Waals surface area contributed by atoms with E-state index in [-0.39, 0.29) is 24.3 Å². The highest BCUT2D eigenvalue weighted by Crippen LogP contribution is 2.30. The molecule has 0 radical (unpaired) electrons. The number of hydrogen-bond donors (Lipinski definition) is 3. The quantitative estimate of drug-likeness (QED) is 0.659. The van der Waals surface area contributed by atoms with Crippen LogP contribution < -0.4 is 20.7 Å². The van der Waals surface area contributed by atoms with E-state index in [1.54, 1.807) is 42.5 Å². The summed E-state index contributed by atoms with van der Waals surface area (Å²) in [4.78, 5) is 35.4. The lowest BCUT2D eigenvalue weighted by Gasteiger charge is -2.13. The fourth-order valence-electron chi connectivity index (χ4n) is 2.51. The maximum atomic E-state index is 12.2. The van der Waals surface area contributed by atoms with Crippen molar-refractivity contribution in [3.05, 3.63) is 47.5 Å². The molecule has 0 bridgehead atoms. The molecule has 28 heavy (non-hydrogen) atoms. The van der Waals surface area contributed by atoms with Crippen LogP contribution in [0.4, 0.5) is 17.1 Å².